The smallest absolute Gasteiger partial charge is 0.315 e. The molecule has 0 saturated carbocycles. The highest BCUT2D eigenvalue weighted by atomic mass is 16.5. The summed E-state index contributed by atoms with van der Waals surface area (Å²) in [5.74, 6) is 0.665. The van der Waals surface area contributed by atoms with Gasteiger partial charge in [0.05, 0.1) is 19.3 Å². The molecule has 1 rings (SSSR count). The van der Waals surface area contributed by atoms with Crippen LogP contribution in [0.1, 0.15) is 31.4 Å². The fraction of sp³-hybridized carbons (Fsp3) is 0.562. The van der Waals surface area contributed by atoms with E-state index in [2.05, 4.69) is 20.4 Å². The number of aromatic nitrogens is 1. The van der Waals surface area contributed by atoms with Crippen LogP contribution in [0.15, 0.2) is 18.2 Å². The summed E-state index contributed by atoms with van der Waals surface area (Å²) in [6, 6.07) is 5.49. The van der Waals surface area contributed by atoms with Crippen LogP contribution in [0.2, 0.25) is 0 Å². The fourth-order valence-corrected chi connectivity index (χ4v) is 1.92. The quantitative estimate of drug-likeness (QED) is 0.534. The molecule has 23 heavy (non-hydrogen) atoms. The van der Waals surface area contributed by atoms with Crippen molar-refractivity contribution in [2.45, 2.75) is 32.2 Å². The number of nitrogens with one attached hydrogen (secondary N) is 2. The molecular weight excluding hydrogens is 296 g/mol. The first kappa shape index (κ1) is 18.7. The Bertz CT molecular complexity index is 506. The molecule has 0 unspecified atom stereocenters. The van der Waals surface area contributed by atoms with Gasteiger partial charge >= 0.3 is 12.0 Å². The van der Waals surface area contributed by atoms with Crippen molar-refractivity contribution in [1.29, 1.82) is 0 Å². The van der Waals surface area contributed by atoms with Gasteiger partial charge in [-0.3, -0.25) is 4.79 Å². The van der Waals surface area contributed by atoms with Crippen LogP contribution >= 0.6 is 0 Å². The highest BCUT2D eigenvalue weighted by Gasteiger charge is 2.03. The van der Waals surface area contributed by atoms with Crippen molar-refractivity contribution in [3.63, 3.8) is 0 Å². The average molecular weight is 322 g/mol. The monoisotopic (exact) mass is 322 g/mol. The third-order valence-corrected chi connectivity index (χ3v) is 3.25. The Kier molecular flexibility index (Phi) is 8.49. The van der Waals surface area contributed by atoms with E-state index in [1.54, 1.807) is 0 Å². The second-order valence-electron chi connectivity index (χ2n) is 5.38. The minimum atomic E-state index is -0.213. The van der Waals surface area contributed by atoms with Gasteiger partial charge in [-0.1, -0.05) is 12.5 Å². The normalized spacial score (nSPS) is 10.0. The molecule has 7 nitrogen and oxygen atoms in total. The van der Waals surface area contributed by atoms with Gasteiger partial charge in [0.25, 0.3) is 0 Å². The predicted octanol–water partition coefficient (Wildman–Crippen LogP) is 1.68. The molecule has 1 heterocycles. The molecule has 0 aliphatic carbocycles. The average Bonchev–Trinajstić information content (AvgIpc) is 2.56. The molecule has 0 radical (unpaired) electrons. The summed E-state index contributed by atoms with van der Waals surface area (Å²) in [7, 11) is 5.23. The third-order valence-electron chi connectivity index (χ3n) is 3.25. The van der Waals surface area contributed by atoms with Crippen LogP contribution < -0.4 is 15.5 Å². The summed E-state index contributed by atoms with van der Waals surface area (Å²) in [4.78, 5) is 29.0. The minimum Gasteiger partial charge on any atom is -0.469 e. The second-order valence-corrected chi connectivity index (χ2v) is 5.38. The van der Waals surface area contributed by atoms with E-state index in [-0.39, 0.29) is 12.0 Å². The summed E-state index contributed by atoms with van der Waals surface area (Å²) in [6.07, 6.45) is 2.91. The zero-order valence-corrected chi connectivity index (χ0v) is 14.1. The maximum atomic E-state index is 11.7. The lowest BCUT2D eigenvalue weighted by Gasteiger charge is -2.12. The van der Waals surface area contributed by atoms with Crippen LogP contribution in [0.25, 0.3) is 0 Å². The lowest BCUT2D eigenvalue weighted by molar-refractivity contribution is -0.140. The van der Waals surface area contributed by atoms with Crippen molar-refractivity contribution < 1.29 is 14.3 Å². The van der Waals surface area contributed by atoms with Crippen LogP contribution in [0.3, 0.4) is 0 Å². The first-order chi connectivity index (χ1) is 11.0. The van der Waals surface area contributed by atoms with Crippen molar-refractivity contribution in [2.75, 3.05) is 32.6 Å². The number of carbonyl (C=O) groups is 2. The largest absolute Gasteiger partial charge is 0.469 e. The van der Waals surface area contributed by atoms with Gasteiger partial charge in [-0.15, -0.1) is 0 Å². The Morgan fingerprint density at radius 1 is 1.17 bits per heavy atom. The van der Waals surface area contributed by atoms with E-state index < -0.39 is 0 Å². The van der Waals surface area contributed by atoms with Crippen LogP contribution in [0.5, 0.6) is 0 Å². The second kappa shape index (κ2) is 10.4. The molecule has 1 aromatic heterocycles. The summed E-state index contributed by atoms with van der Waals surface area (Å²) in [5.41, 5.74) is 0.810. The SMILES string of the molecule is COC(=O)CCCCCNC(=O)NCc1cccc(N(C)C)n1. The predicted molar refractivity (Wildman–Crippen MR) is 89.3 cm³/mol. The Labute approximate surface area is 137 Å². The number of hydrogen-bond acceptors (Lipinski definition) is 5. The Hall–Kier alpha value is -2.31. The molecule has 0 aliphatic rings. The molecule has 0 aromatic carbocycles. The maximum Gasteiger partial charge on any atom is 0.315 e. The van der Waals surface area contributed by atoms with Gasteiger partial charge in [-0.05, 0) is 25.0 Å². The zero-order valence-electron chi connectivity index (χ0n) is 14.1. The number of pyridine rings is 1. The number of unbranched alkanes of at least 4 members (excludes halogenated alkanes) is 2. The maximum absolute atomic E-state index is 11.7. The number of anilines is 1. The molecule has 2 N–H and O–H groups in total. The lowest BCUT2D eigenvalue weighted by Crippen LogP contribution is -2.35. The summed E-state index contributed by atoms with van der Waals surface area (Å²) in [5, 5.41) is 5.57. The van der Waals surface area contributed by atoms with Crippen LogP contribution in [0.4, 0.5) is 10.6 Å². The minimum absolute atomic E-state index is 0.192. The first-order valence-electron chi connectivity index (χ1n) is 7.74. The van der Waals surface area contributed by atoms with E-state index in [1.807, 2.05) is 37.2 Å². The van der Waals surface area contributed by atoms with Gasteiger partial charge in [-0.25, -0.2) is 9.78 Å². The van der Waals surface area contributed by atoms with Crippen LogP contribution in [-0.4, -0.2) is 44.7 Å². The molecule has 0 atom stereocenters. The van der Waals surface area contributed by atoms with E-state index in [9.17, 15) is 9.59 Å². The first-order valence-corrected chi connectivity index (χ1v) is 7.74. The number of nitrogens with zero attached hydrogens (tertiary/aromatic N) is 2. The summed E-state index contributed by atoms with van der Waals surface area (Å²) < 4.78 is 4.56. The van der Waals surface area contributed by atoms with Crippen molar-refractivity contribution in [3.05, 3.63) is 23.9 Å². The molecule has 0 fully saturated rings. The number of methoxy groups -OCH3 is 1. The standard InChI is InChI=1S/C16H26N4O3/c1-20(2)14-9-7-8-13(19-14)12-18-16(22)17-11-6-4-5-10-15(21)23-3/h7-9H,4-6,10-12H2,1-3H3,(H2,17,18,22). The van der Waals surface area contributed by atoms with Gasteiger partial charge in [0.1, 0.15) is 5.82 Å². The van der Waals surface area contributed by atoms with E-state index >= 15 is 0 Å². The third kappa shape index (κ3) is 8.04. The molecule has 1 aromatic rings. The number of carbonyl (C=O) groups excluding carboxylic acids is 2. The lowest BCUT2D eigenvalue weighted by atomic mass is 10.2. The number of urea groups is 1. The highest BCUT2D eigenvalue weighted by molar-refractivity contribution is 5.73. The van der Waals surface area contributed by atoms with Gasteiger partial charge in [0.2, 0.25) is 0 Å². The summed E-state index contributed by atoms with van der Waals surface area (Å²) in [6.45, 7) is 0.966. The van der Waals surface area contributed by atoms with Gasteiger partial charge in [-0.2, -0.15) is 0 Å². The molecule has 7 heteroatoms. The number of ether oxygens (including phenoxy) is 1. The molecule has 2 amide bonds. The number of hydrogen-bond donors (Lipinski definition) is 2. The van der Waals surface area contributed by atoms with Crippen LogP contribution in [-0.2, 0) is 16.1 Å². The highest BCUT2D eigenvalue weighted by Crippen LogP contribution is 2.07. The van der Waals surface area contributed by atoms with E-state index in [1.165, 1.54) is 7.11 Å². The molecular formula is C16H26N4O3. The Balaban J connectivity index is 2.15. The van der Waals surface area contributed by atoms with Crippen LogP contribution in [0, 0.1) is 0 Å². The molecule has 128 valence electrons. The molecule has 0 saturated heterocycles. The van der Waals surface area contributed by atoms with E-state index in [0.717, 1.165) is 30.8 Å². The Morgan fingerprint density at radius 3 is 2.65 bits per heavy atom. The topological polar surface area (TPSA) is 83.6 Å². The molecule has 0 bridgehead atoms. The van der Waals surface area contributed by atoms with Crippen molar-refractivity contribution in [2.24, 2.45) is 0 Å². The number of rotatable bonds is 9. The zero-order chi connectivity index (χ0) is 17.1. The van der Waals surface area contributed by atoms with Crippen molar-refractivity contribution in [1.82, 2.24) is 15.6 Å². The number of amides is 2. The van der Waals surface area contributed by atoms with Crippen molar-refractivity contribution >= 4 is 17.8 Å². The molecule has 0 spiro atoms. The fourth-order valence-electron chi connectivity index (χ4n) is 1.92. The van der Waals surface area contributed by atoms with E-state index in [0.29, 0.717) is 19.5 Å². The van der Waals surface area contributed by atoms with Gasteiger partial charge in [0, 0.05) is 27.1 Å². The van der Waals surface area contributed by atoms with Gasteiger partial charge in [0.15, 0.2) is 0 Å². The van der Waals surface area contributed by atoms with E-state index in [4.69, 9.17) is 0 Å². The van der Waals surface area contributed by atoms with Gasteiger partial charge < -0.3 is 20.3 Å². The Morgan fingerprint density at radius 2 is 1.96 bits per heavy atom. The molecule has 0 aliphatic heterocycles. The summed E-state index contributed by atoms with van der Waals surface area (Å²) >= 11 is 0. The number of esters is 1. The van der Waals surface area contributed by atoms with Crippen molar-refractivity contribution in [3.8, 4) is 0 Å².